The van der Waals surface area contributed by atoms with Crippen LogP contribution in [0.3, 0.4) is 0 Å². The van der Waals surface area contributed by atoms with Crippen molar-refractivity contribution in [3.8, 4) is 6.07 Å². The smallest absolute Gasteiger partial charge is 0.0991 e. The fourth-order valence-electron chi connectivity index (χ4n) is 2.47. The molecule has 0 fully saturated rings. The largest absolute Gasteiger partial charge is 0.385 e. The van der Waals surface area contributed by atoms with Gasteiger partial charge in [-0.25, -0.2) is 0 Å². The third kappa shape index (κ3) is 5.75. The Morgan fingerprint density at radius 3 is 2.10 bits per heavy atom. The second-order valence-corrected chi connectivity index (χ2v) is 5.83. The Kier molecular flexibility index (Phi) is 7.33. The van der Waals surface area contributed by atoms with Crippen molar-refractivity contribution < 1.29 is 5.11 Å². The number of nitriles is 1. The zero-order valence-electron chi connectivity index (χ0n) is 12.9. The molecule has 1 N–H and O–H groups in total. The van der Waals surface area contributed by atoms with Crippen LogP contribution in [0.1, 0.15) is 76.3 Å². The van der Waals surface area contributed by atoms with Gasteiger partial charge in [-0.3, -0.25) is 0 Å². The monoisotopic (exact) mass is 273 g/mol. The molecular formula is C18H27NO. The molecule has 0 radical (unpaired) electrons. The first-order valence-electron chi connectivity index (χ1n) is 7.83. The fraction of sp³-hybridized carbons (Fsp3) is 0.611. The first kappa shape index (κ1) is 16.7. The van der Waals surface area contributed by atoms with Crippen molar-refractivity contribution in [3.05, 3.63) is 35.4 Å². The number of benzene rings is 1. The van der Waals surface area contributed by atoms with E-state index in [1.54, 1.807) is 12.1 Å². The van der Waals surface area contributed by atoms with Gasteiger partial charge in [-0.15, -0.1) is 0 Å². The van der Waals surface area contributed by atoms with E-state index in [9.17, 15) is 5.11 Å². The lowest BCUT2D eigenvalue weighted by Crippen LogP contribution is -2.20. The first-order chi connectivity index (χ1) is 9.60. The molecule has 0 aromatic heterocycles. The van der Waals surface area contributed by atoms with E-state index in [0.29, 0.717) is 5.56 Å². The summed E-state index contributed by atoms with van der Waals surface area (Å²) in [4.78, 5) is 0. The van der Waals surface area contributed by atoms with E-state index in [1.807, 2.05) is 19.1 Å². The van der Waals surface area contributed by atoms with E-state index in [-0.39, 0.29) is 0 Å². The van der Waals surface area contributed by atoms with E-state index in [2.05, 4.69) is 13.0 Å². The van der Waals surface area contributed by atoms with E-state index in [0.717, 1.165) is 18.4 Å². The Morgan fingerprint density at radius 1 is 1.00 bits per heavy atom. The normalized spacial score (nSPS) is 13.7. The summed E-state index contributed by atoms with van der Waals surface area (Å²) in [6.07, 6.45) is 9.57. The topological polar surface area (TPSA) is 44.0 Å². The minimum atomic E-state index is -0.780. The third-order valence-corrected chi connectivity index (χ3v) is 3.90. The number of rotatable bonds is 9. The Morgan fingerprint density at radius 2 is 1.55 bits per heavy atom. The molecule has 0 bridgehead atoms. The highest BCUT2D eigenvalue weighted by molar-refractivity contribution is 5.33. The molecule has 0 aliphatic rings. The Bertz CT molecular complexity index is 414. The lowest BCUT2D eigenvalue weighted by molar-refractivity contribution is 0.0448. The maximum absolute atomic E-state index is 10.5. The number of nitrogens with zero attached hydrogens (tertiary/aromatic N) is 1. The van der Waals surface area contributed by atoms with Crippen LogP contribution in [0.25, 0.3) is 0 Å². The van der Waals surface area contributed by atoms with Crippen molar-refractivity contribution in [2.45, 2.75) is 70.8 Å². The lowest BCUT2D eigenvalue weighted by Gasteiger charge is -2.24. The number of hydrogen-bond donors (Lipinski definition) is 1. The van der Waals surface area contributed by atoms with Crippen molar-refractivity contribution >= 4 is 0 Å². The molecule has 110 valence electrons. The summed E-state index contributed by atoms with van der Waals surface area (Å²) in [5.74, 6) is 0. The van der Waals surface area contributed by atoms with E-state index in [4.69, 9.17) is 5.26 Å². The van der Waals surface area contributed by atoms with Gasteiger partial charge >= 0.3 is 0 Å². The van der Waals surface area contributed by atoms with Gasteiger partial charge in [0, 0.05) is 0 Å². The molecule has 0 aliphatic heterocycles. The third-order valence-electron chi connectivity index (χ3n) is 3.90. The van der Waals surface area contributed by atoms with Crippen molar-refractivity contribution in [1.82, 2.24) is 0 Å². The molecule has 0 saturated heterocycles. The van der Waals surface area contributed by atoms with Crippen LogP contribution in [-0.4, -0.2) is 5.11 Å². The van der Waals surface area contributed by atoms with E-state index in [1.165, 1.54) is 38.5 Å². The highest BCUT2D eigenvalue weighted by Gasteiger charge is 2.22. The van der Waals surface area contributed by atoms with Crippen LogP contribution < -0.4 is 0 Å². The molecule has 1 aromatic carbocycles. The summed E-state index contributed by atoms with van der Waals surface area (Å²) in [5.41, 5.74) is 0.764. The number of unbranched alkanes of at least 4 members (excludes halogenated alkanes) is 6. The zero-order valence-corrected chi connectivity index (χ0v) is 12.9. The van der Waals surface area contributed by atoms with Crippen LogP contribution in [-0.2, 0) is 5.60 Å². The maximum Gasteiger partial charge on any atom is 0.0991 e. The van der Waals surface area contributed by atoms with Gasteiger partial charge in [0.15, 0.2) is 0 Å². The maximum atomic E-state index is 10.5. The molecule has 0 aliphatic carbocycles. The quantitative estimate of drug-likeness (QED) is 0.650. The van der Waals surface area contributed by atoms with Crippen LogP contribution in [0.2, 0.25) is 0 Å². The molecule has 2 nitrogen and oxygen atoms in total. The average molecular weight is 273 g/mol. The molecular weight excluding hydrogens is 246 g/mol. The van der Waals surface area contributed by atoms with Crippen molar-refractivity contribution in [2.24, 2.45) is 0 Å². The summed E-state index contributed by atoms with van der Waals surface area (Å²) >= 11 is 0. The van der Waals surface area contributed by atoms with Gasteiger partial charge in [-0.05, 0) is 31.0 Å². The average Bonchev–Trinajstić information content (AvgIpc) is 2.46. The predicted molar refractivity (Wildman–Crippen MR) is 83.3 cm³/mol. The zero-order chi connectivity index (χ0) is 14.8. The minimum Gasteiger partial charge on any atom is -0.385 e. The highest BCUT2D eigenvalue weighted by Crippen LogP contribution is 2.27. The highest BCUT2D eigenvalue weighted by atomic mass is 16.3. The molecule has 1 rings (SSSR count). The second-order valence-electron chi connectivity index (χ2n) is 5.83. The summed E-state index contributed by atoms with van der Waals surface area (Å²) < 4.78 is 0. The van der Waals surface area contributed by atoms with Gasteiger partial charge in [0.1, 0.15) is 0 Å². The molecule has 0 spiro atoms. The second kappa shape index (κ2) is 8.76. The van der Waals surface area contributed by atoms with Gasteiger partial charge in [0.05, 0.1) is 17.2 Å². The number of hydrogen-bond acceptors (Lipinski definition) is 2. The standard InChI is InChI=1S/C18H27NO/c1-3-4-5-6-7-8-9-14-18(2,20)17-12-10-16(15-19)11-13-17/h10-13,20H,3-9,14H2,1-2H3. The summed E-state index contributed by atoms with van der Waals surface area (Å²) in [5, 5.41) is 19.3. The molecule has 0 amide bonds. The van der Waals surface area contributed by atoms with Crippen molar-refractivity contribution in [1.29, 1.82) is 5.26 Å². The summed E-state index contributed by atoms with van der Waals surface area (Å²) in [6, 6.07) is 9.37. The molecule has 1 aromatic rings. The Hall–Kier alpha value is -1.33. The van der Waals surface area contributed by atoms with Gasteiger partial charge in [0.25, 0.3) is 0 Å². The van der Waals surface area contributed by atoms with E-state index < -0.39 is 5.60 Å². The minimum absolute atomic E-state index is 0.639. The first-order valence-corrected chi connectivity index (χ1v) is 7.83. The summed E-state index contributed by atoms with van der Waals surface area (Å²) in [7, 11) is 0. The Labute approximate surface area is 123 Å². The molecule has 1 unspecified atom stereocenters. The molecule has 2 heteroatoms. The fourth-order valence-corrected chi connectivity index (χ4v) is 2.47. The van der Waals surface area contributed by atoms with Crippen LogP contribution >= 0.6 is 0 Å². The van der Waals surface area contributed by atoms with Gasteiger partial charge in [0.2, 0.25) is 0 Å². The molecule has 0 heterocycles. The van der Waals surface area contributed by atoms with Crippen LogP contribution in [0.15, 0.2) is 24.3 Å². The number of aliphatic hydroxyl groups is 1. The van der Waals surface area contributed by atoms with Crippen LogP contribution in [0.4, 0.5) is 0 Å². The van der Waals surface area contributed by atoms with Crippen molar-refractivity contribution in [3.63, 3.8) is 0 Å². The predicted octanol–water partition coefficient (Wildman–Crippen LogP) is 4.91. The van der Waals surface area contributed by atoms with Gasteiger partial charge in [-0.2, -0.15) is 5.26 Å². The van der Waals surface area contributed by atoms with Gasteiger partial charge in [-0.1, -0.05) is 64.0 Å². The molecule has 20 heavy (non-hydrogen) atoms. The summed E-state index contributed by atoms with van der Waals surface area (Å²) in [6.45, 7) is 4.10. The lowest BCUT2D eigenvalue weighted by atomic mass is 9.89. The van der Waals surface area contributed by atoms with Crippen molar-refractivity contribution in [2.75, 3.05) is 0 Å². The van der Waals surface area contributed by atoms with Crippen LogP contribution in [0.5, 0.6) is 0 Å². The Balaban J connectivity index is 2.31. The van der Waals surface area contributed by atoms with Gasteiger partial charge < -0.3 is 5.11 Å². The molecule has 1 atom stereocenters. The SMILES string of the molecule is CCCCCCCCCC(C)(O)c1ccc(C#N)cc1. The molecule has 0 saturated carbocycles. The van der Waals surface area contributed by atoms with Crippen LogP contribution in [0, 0.1) is 11.3 Å². The van der Waals surface area contributed by atoms with E-state index >= 15 is 0 Å².